The van der Waals surface area contributed by atoms with Gasteiger partial charge in [-0.2, -0.15) is 0 Å². The molecule has 0 aliphatic rings. The van der Waals surface area contributed by atoms with E-state index in [4.69, 9.17) is 33.4 Å². The molecule has 0 spiro atoms. The molecule has 90 valence electrons. The molecule has 17 heavy (non-hydrogen) atoms. The summed E-state index contributed by atoms with van der Waals surface area (Å²) in [6, 6.07) is 5.06. The van der Waals surface area contributed by atoms with E-state index in [0.717, 1.165) is 0 Å². The molecule has 5 nitrogen and oxygen atoms in total. The Kier molecular flexibility index (Phi) is 3.51. The molecule has 3 N–H and O–H groups in total. The van der Waals surface area contributed by atoms with Crippen molar-refractivity contribution in [3.63, 3.8) is 0 Å². The van der Waals surface area contributed by atoms with E-state index < -0.39 is 0 Å². The second-order valence-electron chi connectivity index (χ2n) is 3.49. The lowest BCUT2D eigenvalue weighted by molar-refractivity contribution is 0.475. The summed E-state index contributed by atoms with van der Waals surface area (Å²) in [5, 5.41) is 11.4. The normalized spacial score (nSPS) is 12.5. The molecule has 1 heterocycles. The van der Waals surface area contributed by atoms with Gasteiger partial charge in [0.05, 0.1) is 16.1 Å². The Hall–Kier alpha value is -1.30. The highest BCUT2D eigenvalue weighted by Crippen LogP contribution is 2.26. The Morgan fingerprint density at radius 1 is 1.29 bits per heavy atom. The van der Waals surface area contributed by atoms with Gasteiger partial charge in [0.2, 0.25) is 5.89 Å². The SMILES string of the molecule is CC(N)c1nnc(Nc2ccc(Cl)c(Cl)c2)o1. The van der Waals surface area contributed by atoms with Crippen molar-refractivity contribution >= 4 is 34.9 Å². The summed E-state index contributed by atoms with van der Waals surface area (Å²) >= 11 is 11.7. The van der Waals surface area contributed by atoms with Gasteiger partial charge in [0.1, 0.15) is 0 Å². The first kappa shape index (κ1) is 12.2. The lowest BCUT2D eigenvalue weighted by atomic mass is 10.3. The number of nitrogens with one attached hydrogen (secondary N) is 1. The van der Waals surface area contributed by atoms with Crippen molar-refractivity contribution in [2.24, 2.45) is 5.73 Å². The fourth-order valence-corrected chi connectivity index (χ4v) is 1.46. The third kappa shape index (κ3) is 2.88. The van der Waals surface area contributed by atoms with Gasteiger partial charge in [-0.1, -0.05) is 28.3 Å². The van der Waals surface area contributed by atoms with Crippen molar-refractivity contribution < 1.29 is 4.42 Å². The zero-order valence-corrected chi connectivity index (χ0v) is 10.5. The molecule has 2 aromatic rings. The molecular formula is C10H10Cl2N4O. The van der Waals surface area contributed by atoms with Crippen molar-refractivity contribution in [1.29, 1.82) is 0 Å². The van der Waals surface area contributed by atoms with Crippen LogP contribution in [0.5, 0.6) is 0 Å². The minimum atomic E-state index is -0.299. The topological polar surface area (TPSA) is 77.0 Å². The van der Waals surface area contributed by atoms with E-state index in [1.807, 2.05) is 0 Å². The molecule has 0 amide bonds. The average Bonchev–Trinajstić information content (AvgIpc) is 2.72. The Balaban J connectivity index is 2.16. The maximum absolute atomic E-state index is 5.88. The predicted octanol–water partition coefficient (Wildman–Crippen LogP) is 3.14. The molecule has 1 aromatic carbocycles. The van der Waals surface area contributed by atoms with E-state index in [2.05, 4.69) is 15.5 Å². The highest BCUT2D eigenvalue weighted by Gasteiger charge is 2.10. The molecule has 1 atom stereocenters. The van der Waals surface area contributed by atoms with Crippen molar-refractivity contribution in [2.75, 3.05) is 5.32 Å². The Labute approximate surface area is 108 Å². The second kappa shape index (κ2) is 4.91. The summed E-state index contributed by atoms with van der Waals surface area (Å²) in [6.45, 7) is 1.76. The molecule has 0 bridgehead atoms. The van der Waals surface area contributed by atoms with E-state index in [9.17, 15) is 0 Å². The molecule has 0 aliphatic heterocycles. The molecule has 1 aromatic heterocycles. The van der Waals surface area contributed by atoms with Gasteiger partial charge in [-0.3, -0.25) is 0 Å². The quantitative estimate of drug-likeness (QED) is 0.898. The first-order valence-corrected chi connectivity index (χ1v) is 5.63. The zero-order chi connectivity index (χ0) is 12.4. The minimum absolute atomic E-state index is 0.260. The van der Waals surface area contributed by atoms with E-state index in [-0.39, 0.29) is 12.1 Å². The fraction of sp³-hybridized carbons (Fsp3) is 0.200. The number of hydrogen-bond donors (Lipinski definition) is 2. The first-order valence-electron chi connectivity index (χ1n) is 4.87. The zero-order valence-electron chi connectivity index (χ0n) is 8.95. The molecule has 0 aliphatic carbocycles. The van der Waals surface area contributed by atoms with E-state index in [0.29, 0.717) is 21.6 Å². The van der Waals surface area contributed by atoms with Crippen LogP contribution in [-0.4, -0.2) is 10.2 Å². The van der Waals surface area contributed by atoms with E-state index >= 15 is 0 Å². The van der Waals surface area contributed by atoms with E-state index in [1.165, 1.54) is 0 Å². The molecule has 0 radical (unpaired) electrons. The summed E-state index contributed by atoms with van der Waals surface area (Å²) < 4.78 is 5.28. The van der Waals surface area contributed by atoms with Crippen LogP contribution < -0.4 is 11.1 Å². The van der Waals surface area contributed by atoms with Crippen LogP contribution in [0.25, 0.3) is 0 Å². The number of aromatic nitrogens is 2. The lowest BCUT2D eigenvalue weighted by Crippen LogP contribution is -2.04. The summed E-state index contributed by atoms with van der Waals surface area (Å²) in [6.07, 6.45) is 0. The van der Waals surface area contributed by atoms with Crippen LogP contribution in [0, 0.1) is 0 Å². The number of halogens is 2. The molecular weight excluding hydrogens is 263 g/mol. The number of benzene rings is 1. The van der Waals surface area contributed by atoms with Crippen LogP contribution >= 0.6 is 23.2 Å². The highest BCUT2D eigenvalue weighted by molar-refractivity contribution is 6.42. The number of hydrogen-bond acceptors (Lipinski definition) is 5. The smallest absolute Gasteiger partial charge is 0.320 e. The van der Waals surface area contributed by atoms with Crippen molar-refractivity contribution in [3.05, 3.63) is 34.1 Å². The standard InChI is InChI=1S/C10H10Cl2N4O/c1-5(13)9-15-16-10(17-9)14-6-2-3-7(11)8(12)4-6/h2-5H,13H2,1H3,(H,14,16). The van der Waals surface area contributed by atoms with Crippen LogP contribution in [0.4, 0.5) is 11.7 Å². The monoisotopic (exact) mass is 272 g/mol. The summed E-state index contributed by atoms with van der Waals surface area (Å²) in [7, 11) is 0. The molecule has 2 rings (SSSR count). The molecule has 0 fully saturated rings. The number of rotatable bonds is 3. The van der Waals surface area contributed by atoms with Crippen molar-refractivity contribution in [3.8, 4) is 0 Å². The number of nitrogens with two attached hydrogens (primary N) is 1. The van der Waals surface area contributed by atoms with Crippen LogP contribution in [0.2, 0.25) is 10.0 Å². The third-order valence-electron chi connectivity index (χ3n) is 2.00. The van der Waals surface area contributed by atoms with Gasteiger partial charge in [-0.05, 0) is 25.1 Å². The van der Waals surface area contributed by atoms with Crippen LogP contribution in [-0.2, 0) is 0 Å². The summed E-state index contributed by atoms with van der Waals surface area (Å²) in [5.74, 6) is 0.368. The van der Waals surface area contributed by atoms with E-state index in [1.54, 1.807) is 25.1 Å². The summed E-state index contributed by atoms with van der Waals surface area (Å²) in [5.41, 5.74) is 6.31. The van der Waals surface area contributed by atoms with Crippen LogP contribution in [0.1, 0.15) is 18.9 Å². The highest BCUT2D eigenvalue weighted by atomic mass is 35.5. The van der Waals surface area contributed by atoms with Gasteiger partial charge in [0.25, 0.3) is 0 Å². The third-order valence-corrected chi connectivity index (χ3v) is 2.74. The van der Waals surface area contributed by atoms with Gasteiger partial charge in [-0.25, -0.2) is 0 Å². The minimum Gasteiger partial charge on any atom is -0.406 e. The van der Waals surface area contributed by atoms with Gasteiger partial charge < -0.3 is 15.5 Å². The molecule has 7 heteroatoms. The average molecular weight is 273 g/mol. The Morgan fingerprint density at radius 3 is 2.65 bits per heavy atom. The second-order valence-corrected chi connectivity index (χ2v) is 4.30. The largest absolute Gasteiger partial charge is 0.406 e. The first-order chi connectivity index (χ1) is 8.06. The Bertz CT molecular complexity index is 527. The molecule has 0 saturated heterocycles. The van der Waals surface area contributed by atoms with Gasteiger partial charge >= 0.3 is 6.01 Å². The van der Waals surface area contributed by atoms with Crippen LogP contribution in [0.3, 0.4) is 0 Å². The predicted molar refractivity (Wildman–Crippen MR) is 66.6 cm³/mol. The van der Waals surface area contributed by atoms with Gasteiger partial charge in [-0.15, -0.1) is 5.10 Å². The summed E-state index contributed by atoms with van der Waals surface area (Å²) in [4.78, 5) is 0. The van der Waals surface area contributed by atoms with Gasteiger partial charge in [0.15, 0.2) is 0 Å². The number of anilines is 2. The molecule has 0 saturated carbocycles. The van der Waals surface area contributed by atoms with Crippen molar-refractivity contribution in [1.82, 2.24) is 10.2 Å². The van der Waals surface area contributed by atoms with Crippen LogP contribution in [0.15, 0.2) is 22.6 Å². The Morgan fingerprint density at radius 2 is 2.06 bits per heavy atom. The maximum atomic E-state index is 5.88. The lowest BCUT2D eigenvalue weighted by Gasteiger charge is -2.02. The molecule has 1 unspecified atom stereocenters. The number of nitrogens with zero attached hydrogens (tertiary/aromatic N) is 2. The fourth-order valence-electron chi connectivity index (χ4n) is 1.17. The maximum Gasteiger partial charge on any atom is 0.320 e. The van der Waals surface area contributed by atoms with Crippen molar-refractivity contribution in [2.45, 2.75) is 13.0 Å². The van der Waals surface area contributed by atoms with Gasteiger partial charge in [0, 0.05) is 5.69 Å².